The molecule has 2 aliphatic rings. The number of β-amino-alcohol motifs (C(OH)–C–C–N with tert-alkyl or cyclic N) is 1. The van der Waals surface area contributed by atoms with Crippen LogP contribution in [0.4, 0.5) is 20.2 Å². The number of nitrogens with zero attached hydrogens (tertiary/aromatic N) is 4. The van der Waals surface area contributed by atoms with Crippen LogP contribution in [0.3, 0.4) is 0 Å². The largest absolute Gasteiger partial charge is 0.395 e. The van der Waals surface area contributed by atoms with Gasteiger partial charge >= 0.3 is 0 Å². The Kier molecular flexibility index (Phi) is 6.16. The number of halogens is 2. The van der Waals surface area contributed by atoms with Crippen molar-refractivity contribution in [2.75, 3.05) is 44.2 Å². The summed E-state index contributed by atoms with van der Waals surface area (Å²) < 4.78 is 27.3. The van der Waals surface area contributed by atoms with Gasteiger partial charge in [0.25, 0.3) is 17.5 Å². The van der Waals surface area contributed by atoms with Gasteiger partial charge in [-0.2, -0.15) is 0 Å². The third-order valence-corrected chi connectivity index (χ3v) is 5.69. The zero-order chi connectivity index (χ0) is 23.7. The molecule has 33 heavy (non-hydrogen) atoms. The van der Waals surface area contributed by atoms with Crippen molar-refractivity contribution in [3.05, 3.63) is 75.5 Å². The van der Waals surface area contributed by atoms with Crippen molar-refractivity contribution in [3.63, 3.8) is 0 Å². The number of imide groups is 1. The van der Waals surface area contributed by atoms with E-state index in [-0.39, 0.29) is 29.3 Å². The van der Waals surface area contributed by atoms with Gasteiger partial charge in [-0.05, 0) is 29.8 Å². The van der Waals surface area contributed by atoms with E-state index in [1.165, 1.54) is 24.3 Å². The van der Waals surface area contributed by atoms with Crippen molar-refractivity contribution in [2.45, 2.75) is 0 Å². The average Bonchev–Trinajstić information content (AvgIpc) is 3.06. The van der Waals surface area contributed by atoms with Crippen LogP contribution in [0.2, 0.25) is 0 Å². The van der Waals surface area contributed by atoms with E-state index in [9.17, 15) is 28.5 Å². The zero-order valence-electron chi connectivity index (χ0n) is 17.4. The number of anilines is 1. The molecule has 2 aliphatic heterocycles. The molecule has 172 valence electrons. The number of carbonyl (C=O) groups excluding carboxylic acids is 2. The number of aliphatic hydroxyl groups excluding tert-OH is 1. The number of nitro groups is 1. The van der Waals surface area contributed by atoms with Gasteiger partial charge in [-0.25, -0.2) is 13.7 Å². The number of aliphatic hydroxyl groups is 1. The van der Waals surface area contributed by atoms with E-state index in [1.807, 2.05) is 4.90 Å². The van der Waals surface area contributed by atoms with Crippen LogP contribution in [-0.2, 0) is 9.59 Å². The van der Waals surface area contributed by atoms with Crippen LogP contribution in [0.25, 0.3) is 5.57 Å². The topological polar surface area (TPSA) is 107 Å². The second-order valence-corrected chi connectivity index (χ2v) is 7.62. The minimum atomic E-state index is -1.20. The fourth-order valence-corrected chi connectivity index (χ4v) is 4.02. The number of hydrogen-bond donors (Lipinski definition) is 1. The van der Waals surface area contributed by atoms with Gasteiger partial charge < -0.3 is 10.0 Å². The third kappa shape index (κ3) is 4.20. The van der Waals surface area contributed by atoms with Crippen LogP contribution in [0.15, 0.2) is 48.2 Å². The minimum Gasteiger partial charge on any atom is -0.395 e. The van der Waals surface area contributed by atoms with Crippen LogP contribution in [0.5, 0.6) is 0 Å². The molecular formula is C22H20F2N4O5. The summed E-state index contributed by atoms with van der Waals surface area (Å²) in [7, 11) is 0. The maximum absolute atomic E-state index is 13.9. The lowest BCUT2D eigenvalue weighted by molar-refractivity contribution is -0.384. The monoisotopic (exact) mass is 458 g/mol. The molecule has 0 unspecified atom stereocenters. The lowest BCUT2D eigenvalue weighted by Crippen LogP contribution is -2.48. The maximum Gasteiger partial charge on any atom is 0.282 e. The summed E-state index contributed by atoms with van der Waals surface area (Å²) in [5.41, 5.74) is 0.152. The Morgan fingerprint density at radius 2 is 1.61 bits per heavy atom. The molecule has 0 bridgehead atoms. The van der Waals surface area contributed by atoms with Crippen molar-refractivity contribution in [2.24, 2.45) is 0 Å². The lowest BCUT2D eigenvalue weighted by atomic mass is 10.0. The number of non-ortho nitro benzene ring substituents is 1. The molecule has 1 fully saturated rings. The number of hydrogen-bond acceptors (Lipinski definition) is 7. The molecule has 4 rings (SSSR count). The third-order valence-electron chi connectivity index (χ3n) is 5.69. The summed E-state index contributed by atoms with van der Waals surface area (Å²) in [5.74, 6) is -3.72. The number of nitro benzene ring substituents is 1. The standard InChI is InChI=1S/C22H20F2N4O5/c23-17-6-5-16(13-18(17)24)27-21(30)19(14-1-3-15(4-2-14)28(32)33)20(22(27)31)26-9-7-25(8-10-26)11-12-29/h1-6,13,29H,7-12H2. The van der Waals surface area contributed by atoms with Gasteiger partial charge in [0, 0.05) is 50.9 Å². The molecule has 2 amide bonds. The Hall–Kier alpha value is -3.70. The summed E-state index contributed by atoms with van der Waals surface area (Å²) >= 11 is 0. The number of carbonyl (C=O) groups is 2. The predicted octanol–water partition coefficient (Wildman–Crippen LogP) is 1.77. The van der Waals surface area contributed by atoms with Crippen molar-refractivity contribution in [1.82, 2.24) is 9.80 Å². The summed E-state index contributed by atoms with van der Waals surface area (Å²) in [5, 5.41) is 20.2. The Morgan fingerprint density at radius 1 is 0.939 bits per heavy atom. The molecule has 11 heteroatoms. The minimum absolute atomic E-state index is 0.00192. The Morgan fingerprint density at radius 3 is 2.18 bits per heavy atom. The quantitative estimate of drug-likeness (QED) is 0.399. The molecule has 1 saturated heterocycles. The van der Waals surface area contributed by atoms with E-state index >= 15 is 0 Å². The van der Waals surface area contributed by atoms with Crippen molar-refractivity contribution < 1.29 is 28.4 Å². The summed E-state index contributed by atoms with van der Waals surface area (Å²) in [4.78, 5) is 41.8. The Labute approximate surface area is 187 Å². The summed E-state index contributed by atoms with van der Waals surface area (Å²) in [6, 6.07) is 7.99. The zero-order valence-corrected chi connectivity index (χ0v) is 17.4. The van der Waals surface area contributed by atoms with E-state index in [0.717, 1.165) is 23.1 Å². The van der Waals surface area contributed by atoms with E-state index < -0.39 is 28.4 Å². The van der Waals surface area contributed by atoms with Gasteiger partial charge in [0.05, 0.1) is 22.8 Å². The molecule has 1 N–H and O–H groups in total. The van der Waals surface area contributed by atoms with E-state index in [4.69, 9.17) is 5.11 Å². The Balaban J connectivity index is 1.75. The molecule has 2 heterocycles. The fourth-order valence-electron chi connectivity index (χ4n) is 4.02. The first-order chi connectivity index (χ1) is 15.8. The first kappa shape index (κ1) is 22.5. The highest BCUT2D eigenvalue weighted by Gasteiger charge is 2.43. The molecule has 2 aromatic carbocycles. The van der Waals surface area contributed by atoms with Gasteiger partial charge in [0.15, 0.2) is 11.6 Å². The number of benzene rings is 2. The first-order valence-corrected chi connectivity index (χ1v) is 10.2. The molecule has 0 atom stereocenters. The number of rotatable bonds is 6. The molecule has 0 saturated carbocycles. The van der Waals surface area contributed by atoms with Crippen molar-refractivity contribution >= 4 is 28.8 Å². The van der Waals surface area contributed by atoms with Gasteiger partial charge in [-0.1, -0.05) is 0 Å². The highest BCUT2D eigenvalue weighted by molar-refractivity contribution is 6.45. The molecular weight excluding hydrogens is 438 g/mol. The Bertz CT molecular complexity index is 1140. The molecule has 0 aliphatic carbocycles. The highest BCUT2D eigenvalue weighted by Crippen LogP contribution is 2.36. The van der Waals surface area contributed by atoms with Crippen LogP contribution in [0.1, 0.15) is 5.56 Å². The molecule has 9 nitrogen and oxygen atoms in total. The average molecular weight is 458 g/mol. The summed E-state index contributed by atoms with van der Waals surface area (Å²) in [6.45, 7) is 2.37. The number of piperazine rings is 1. The van der Waals surface area contributed by atoms with Crippen molar-refractivity contribution in [3.8, 4) is 0 Å². The van der Waals surface area contributed by atoms with Crippen LogP contribution in [0, 0.1) is 21.7 Å². The van der Waals surface area contributed by atoms with Crippen molar-refractivity contribution in [1.29, 1.82) is 0 Å². The first-order valence-electron chi connectivity index (χ1n) is 10.2. The highest BCUT2D eigenvalue weighted by atomic mass is 19.2. The summed E-state index contributed by atoms with van der Waals surface area (Å²) in [6.07, 6.45) is 0. The second kappa shape index (κ2) is 9.04. The maximum atomic E-state index is 13.9. The van der Waals surface area contributed by atoms with Crippen LogP contribution >= 0.6 is 0 Å². The van der Waals surface area contributed by atoms with E-state index in [0.29, 0.717) is 38.3 Å². The normalized spacial score (nSPS) is 17.3. The predicted molar refractivity (Wildman–Crippen MR) is 114 cm³/mol. The molecule has 0 radical (unpaired) electrons. The van der Waals surface area contributed by atoms with Gasteiger partial charge in [-0.15, -0.1) is 0 Å². The van der Waals surface area contributed by atoms with Gasteiger partial charge in [0.2, 0.25) is 0 Å². The number of amides is 2. The fraction of sp³-hybridized carbons (Fsp3) is 0.273. The van der Waals surface area contributed by atoms with Gasteiger partial charge in [0.1, 0.15) is 5.70 Å². The molecule has 0 spiro atoms. The lowest BCUT2D eigenvalue weighted by Gasteiger charge is -2.36. The van der Waals surface area contributed by atoms with Gasteiger partial charge in [-0.3, -0.25) is 24.6 Å². The molecule has 2 aromatic rings. The smallest absolute Gasteiger partial charge is 0.282 e. The van der Waals surface area contributed by atoms with Crippen LogP contribution in [-0.4, -0.2) is 71.0 Å². The SMILES string of the molecule is O=C1C(c2ccc([N+](=O)[O-])cc2)=C(N2CCN(CCO)CC2)C(=O)N1c1ccc(F)c(F)c1. The molecule has 0 aromatic heterocycles. The van der Waals surface area contributed by atoms with E-state index in [2.05, 4.69) is 0 Å². The van der Waals surface area contributed by atoms with E-state index in [1.54, 1.807) is 4.90 Å². The van der Waals surface area contributed by atoms with Crippen LogP contribution < -0.4 is 4.90 Å². The second-order valence-electron chi connectivity index (χ2n) is 7.62.